The highest BCUT2D eigenvalue weighted by atomic mass is 16.2. The average Bonchev–Trinajstić information content (AvgIpc) is 2.59. The van der Waals surface area contributed by atoms with Gasteiger partial charge in [-0.05, 0) is 19.8 Å². The van der Waals surface area contributed by atoms with Crippen molar-refractivity contribution in [2.75, 3.05) is 5.32 Å². The smallest absolute Gasteiger partial charge is 0.249 e. The Morgan fingerprint density at radius 3 is 2.43 bits per heavy atom. The maximum atomic E-state index is 11.3. The molecule has 0 aliphatic heterocycles. The number of rotatable bonds is 2. The molecule has 1 aromatic carbocycles. The predicted molar refractivity (Wildman–Crippen MR) is 52.4 cm³/mol. The van der Waals surface area contributed by atoms with Gasteiger partial charge in [-0.15, -0.1) is 0 Å². The van der Waals surface area contributed by atoms with Crippen molar-refractivity contribution in [3.63, 3.8) is 0 Å². The minimum atomic E-state index is -0.484. The van der Waals surface area contributed by atoms with E-state index in [-0.39, 0.29) is 11.8 Å². The second kappa shape index (κ2) is 3.04. The van der Waals surface area contributed by atoms with Gasteiger partial charge in [0.25, 0.3) is 0 Å². The van der Waals surface area contributed by atoms with Crippen LogP contribution in [-0.4, -0.2) is 11.8 Å². The topological polar surface area (TPSA) is 63.2 Å². The molecule has 1 atom stereocenters. The van der Waals surface area contributed by atoms with Crippen molar-refractivity contribution in [1.82, 2.24) is 0 Å². The normalized spacial score (nSPS) is 21.8. The summed E-state index contributed by atoms with van der Waals surface area (Å²) in [5.41, 5.74) is -0.120. The lowest BCUT2D eigenvalue weighted by Gasteiger charge is -2.14. The number of Topliss-reactive ketones (excluding diaryl/α,β-unsaturated/α-hetero) is 1. The molecule has 1 fully saturated rings. The lowest BCUT2D eigenvalue weighted by atomic mass is 10.1. The van der Waals surface area contributed by atoms with E-state index in [1.54, 1.807) is 6.92 Å². The molecule has 74 valence electrons. The number of carbonyl (C=O) groups excluding carboxylic acids is 1. The van der Waals surface area contributed by atoms with Gasteiger partial charge in [0.15, 0.2) is 5.78 Å². The zero-order valence-corrected chi connectivity index (χ0v) is 7.92. The summed E-state index contributed by atoms with van der Waals surface area (Å²) in [4.78, 5) is 33.2. The molecule has 1 aliphatic rings. The van der Waals surface area contributed by atoms with Crippen LogP contribution in [0, 0.1) is 6.92 Å². The summed E-state index contributed by atoms with van der Waals surface area (Å²) >= 11 is 0. The molecule has 0 aromatic heterocycles. The molecule has 1 aliphatic carbocycles. The number of hydrogen-bond donors (Lipinski definition) is 1. The first-order valence-electron chi connectivity index (χ1n) is 4.70. The van der Waals surface area contributed by atoms with Crippen LogP contribution in [0.5, 0.6) is 0 Å². The van der Waals surface area contributed by atoms with E-state index in [2.05, 4.69) is 5.32 Å². The van der Waals surface area contributed by atoms with Crippen LogP contribution in [0.2, 0.25) is 0 Å². The number of nitrogens with one attached hydrogen (secondary N) is 1. The van der Waals surface area contributed by atoms with Crippen LogP contribution in [0.25, 0.3) is 0 Å². The van der Waals surface area contributed by atoms with E-state index in [0.29, 0.717) is 17.7 Å². The zero-order chi connectivity index (χ0) is 10.3. The van der Waals surface area contributed by atoms with Crippen molar-refractivity contribution in [3.05, 3.63) is 26.0 Å². The van der Waals surface area contributed by atoms with Gasteiger partial charge in [-0.2, -0.15) is 0 Å². The average molecular weight is 193 g/mol. The van der Waals surface area contributed by atoms with Gasteiger partial charge < -0.3 is 5.32 Å². The summed E-state index contributed by atoms with van der Waals surface area (Å²) in [6.45, 7) is 1.60. The van der Waals surface area contributed by atoms with E-state index in [4.69, 9.17) is 0 Å². The molecule has 2 rings (SSSR count). The third kappa shape index (κ3) is 1.18. The van der Waals surface area contributed by atoms with Crippen LogP contribution < -0.4 is 16.2 Å². The first-order chi connectivity index (χ1) is 6.61. The summed E-state index contributed by atoms with van der Waals surface area (Å²) in [6.07, 6.45) is 2.20. The minimum absolute atomic E-state index is 0.137. The molecule has 4 nitrogen and oxygen atoms in total. The highest BCUT2D eigenvalue weighted by Crippen LogP contribution is 2.19. The molecule has 1 N–H and O–H groups in total. The van der Waals surface area contributed by atoms with Gasteiger partial charge in [0.1, 0.15) is 0 Å². The Kier molecular flexibility index (Phi) is 1.98. The fourth-order valence-corrected chi connectivity index (χ4v) is 1.82. The Balaban J connectivity index is 2.16. The molecular formula is C10H11NO3. The van der Waals surface area contributed by atoms with E-state index < -0.39 is 10.9 Å². The summed E-state index contributed by atoms with van der Waals surface area (Å²) in [7, 11) is 0. The highest BCUT2D eigenvalue weighted by molar-refractivity contribution is 5.88. The van der Waals surface area contributed by atoms with Crippen molar-refractivity contribution in [2.24, 2.45) is 0 Å². The van der Waals surface area contributed by atoms with E-state index >= 15 is 0 Å². The maximum Gasteiger partial charge on any atom is 0.249 e. The van der Waals surface area contributed by atoms with Crippen LogP contribution in [0.1, 0.15) is 24.8 Å². The Morgan fingerprint density at radius 2 is 1.93 bits per heavy atom. The molecule has 4 heteroatoms. The van der Waals surface area contributed by atoms with Crippen molar-refractivity contribution in [2.45, 2.75) is 32.2 Å². The fraction of sp³-hybridized carbons (Fsp3) is 0.500. The van der Waals surface area contributed by atoms with E-state index in [1.807, 2.05) is 0 Å². The molecule has 0 heterocycles. The van der Waals surface area contributed by atoms with E-state index in [9.17, 15) is 14.4 Å². The second-order valence-electron chi connectivity index (χ2n) is 3.71. The van der Waals surface area contributed by atoms with Gasteiger partial charge in [-0.25, -0.2) is 0 Å². The molecule has 1 saturated carbocycles. The molecule has 0 saturated heterocycles. The molecule has 1 unspecified atom stereocenters. The Labute approximate surface area is 80.6 Å². The third-order valence-corrected chi connectivity index (χ3v) is 2.77. The quantitative estimate of drug-likeness (QED) is 0.678. The Morgan fingerprint density at radius 1 is 1.21 bits per heavy atom. The largest absolute Gasteiger partial charge is 0.372 e. The molecule has 0 spiro atoms. The monoisotopic (exact) mass is 193 g/mol. The maximum absolute atomic E-state index is 11.3. The standard InChI is InChI=1S/C10H11NO3/c1-5-8(10(14)9(5)13)11-6-3-2-4-7(6)12/h6,11H,2-4H2,1H3. The highest BCUT2D eigenvalue weighted by Gasteiger charge is 2.27. The van der Waals surface area contributed by atoms with Crippen molar-refractivity contribution in [1.29, 1.82) is 0 Å². The summed E-state index contributed by atoms with van der Waals surface area (Å²) in [5, 5.41) is 2.85. The number of anilines is 1. The Bertz CT molecular complexity index is 454. The summed E-state index contributed by atoms with van der Waals surface area (Å²) < 4.78 is 0. The number of carbonyl (C=O) groups is 1. The number of ketones is 1. The second-order valence-corrected chi connectivity index (χ2v) is 3.71. The fourth-order valence-electron chi connectivity index (χ4n) is 1.82. The minimum Gasteiger partial charge on any atom is -0.372 e. The van der Waals surface area contributed by atoms with Crippen molar-refractivity contribution in [3.8, 4) is 0 Å². The summed E-state index contributed by atoms with van der Waals surface area (Å²) in [6, 6.07) is -0.253. The van der Waals surface area contributed by atoms with Gasteiger partial charge in [-0.3, -0.25) is 14.4 Å². The molecular weight excluding hydrogens is 182 g/mol. The summed E-state index contributed by atoms with van der Waals surface area (Å²) in [5.74, 6) is 0.137. The Hall–Kier alpha value is -1.45. The molecule has 0 amide bonds. The SMILES string of the molecule is Cc1c(NC2CCCC2=O)c(=O)c1=O. The van der Waals surface area contributed by atoms with Crippen LogP contribution in [-0.2, 0) is 4.79 Å². The van der Waals surface area contributed by atoms with Gasteiger partial charge in [0, 0.05) is 12.0 Å². The number of hydrogen-bond acceptors (Lipinski definition) is 4. The van der Waals surface area contributed by atoms with Gasteiger partial charge in [0.2, 0.25) is 10.9 Å². The van der Waals surface area contributed by atoms with Gasteiger partial charge >= 0.3 is 0 Å². The molecule has 0 radical (unpaired) electrons. The van der Waals surface area contributed by atoms with Crippen LogP contribution in [0.4, 0.5) is 5.69 Å². The van der Waals surface area contributed by atoms with Crippen molar-refractivity contribution >= 4 is 11.5 Å². The van der Waals surface area contributed by atoms with Crippen LogP contribution in [0.15, 0.2) is 9.59 Å². The first-order valence-corrected chi connectivity index (χ1v) is 4.70. The first kappa shape index (κ1) is 9.12. The van der Waals surface area contributed by atoms with E-state index in [0.717, 1.165) is 12.8 Å². The van der Waals surface area contributed by atoms with Gasteiger partial charge in [-0.1, -0.05) is 0 Å². The van der Waals surface area contributed by atoms with E-state index in [1.165, 1.54) is 0 Å². The zero-order valence-electron chi connectivity index (χ0n) is 7.92. The van der Waals surface area contributed by atoms with Crippen LogP contribution >= 0.6 is 0 Å². The van der Waals surface area contributed by atoms with Crippen molar-refractivity contribution < 1.29 is 4.79 Å². The lowest BCUT2D eigenvalue weighted by Crippen LogP contribution is -2.40. The van der Waals surface area contributed by atoms with Gasteiger partial charge in [0.05, 0.1) is 11.7 Å². The molecule has 0 bridgehead atoms. The molecule has 1 aromatic rings. The predicted octanol–water partition coefficient (Wildman–Crippen LogP) is 0.125. The molecule has 14 heavy (non-hydrogen) atoms. The lowest BCUT2D eigenvalue weighted by molar-refractivity contribution is -0.118. The third-order valence-electron chi connectivity index (χ3n) is 2.77. The van der Waals surface area contributed by atoms with Crippen LogP contribution in [0.3, 0.4) is 0 Å².